The average Bonchev–Trinajstić information content (AvgIpc) is 2.03. The fourth-order valence-corrected chi connectivity index (χ4v) is 0. The smallest absolute Gasteiger partial charge is 0.106 e. The third-order valence-corrected chi connectivity index (χ3v) is 0. The van der Waals surface area contributed by atoms with Crippen LogP contribution in [0.15, 0.2) is 0 Å². The van der Waals surface area contributed by atoms with Crippen molar-refractivity contribution in [1.82, 2.24) is 0 Å². The van der Waals surface area contributed by atoms with Crippen molar-refractivity contribution in [3.8, 4) is 0 Å². The molecule has 5 heteroatoms. The van der Waals surface area contributed by atoms with Gasteiger partial charge in [0.1, 0.15) is 27.2 Å². The van der Waals surface area contributed by atoms with Gasteiger partial charge in [-0.1, -0.05) is 0 Å². The maximum absolute atomic E-state index is 8.00. The van der Waals surface area contributed by atoms with Crippen molar-refractivity contribution in [2.75, 3.05) is 0 Å². The predicted molar refractivity (Wildman–Crippen MR) is 28.5 cm³/mol. The molecule has 9 heavy (non-hydrogen) atoms. The number of hydrogen-bond donors (Lipinski definition) is 0. The first-order valence-electron chi connectivity index (χ1n) is 1.15. The standard InChI is InChI=1S/4CH2O.V/c4*1-2;/h4*1H2;. The Bertz CT molecular complexity index is 20.5. The summed E-state index contributed by atoms with van der Waals surface area (Å²) in [5.41, 5.74) is 0. The summed E-state index contributed by atoms with van der Waals surface area (Å²) >= 11 is 0. The van der Waals surface area contributed by atoms with E-state index in [4.69, 9.17) is 19.2 Å². The largest absolute Gasteiger partial charge is 0.307 e. The molecule has 0 N–H and O–H groups in total. The van der Waals surface area contributed by atoms with Crippen LogP contribution in [-0.2, 0) is 37.7 Å². The van der Waals surface area contributed by atoms with Crippen LogP contribution in [0.1, 0.15) is 0 Å². The Morgan fingerprint density at radius 3 is 0.444 bits per heavy atom. The number of carbonyl (C=O) groups excluding carboxylic acids is 4. The predicted octanol–water partition coefficient (Wildman–Crippen LogP) is -0.742. The van der Waals surface area contributed by atoms with Gasteiger partial charge in [0, 0.05) is 18.6 Å². The minimum Gasteiger partial charge on any atom is -0.307 e. The molecule has 0 aliphatic heterocycles. The Balaban J connectivity index is -0.00000000762. The minimum absolute atomic E-state index is 0. The molecular weight excluding hydrogens is 163 g/mol. The number of rotatable bonds is 0. The summed E-state index contributed by atoms with van der Waals surface area (Å²) in [7, 11) is 0. The third-order valence-electron chi connectivity index (χ3n) is 0. The van der Waals surface area contributed by atoms with E-state index in [9.17, 15) is 0 Å². The summed E-state index contributed by atoms with van der Waals surface area (Å²) in [6.07, 6.45) is 0. The molecule has 0 rings (SSSR count). The summed E-state index contributed by atoms with van der Waals surface area (Å²) in [6, 6.07) is 0. The van der Waals surface area contributed by atoms with Crippen LogP contribution in [0.4, 0.5) is 0 Å². The number of carbonyl (C=O) groups is 4. The average molecular weight is 171 g/mol. The molecule has 0 aliphatic rings. The summed E-state index contributed by atoms with van der Waals surface area (Å²) in [4.78, 5) is 32.0. The summed E-state index contributed by atoms with van der Waals surface area (Å²) in [6.45, 7) is 8.00. The first kappa shape index (κ1) is 40.9. The van der Waals surface area contributed by atoms with Crippen molar-refractivity contribution in [2.24, 2.45) is 0 Å². The Hall–Kier alpha value is -0.736. The summed E-state index contributed by atoms with van der Waals surface area (Å²) in [5.74, 6) is 0. The zero-order chi connectivity index (χ0) is 8.00. The van der Waals surface area contributed by atoms with Crippen molar-refractivity contribution in [3.05, 3.63) is 0 Å². The first-order valence-corrected chi connectivity index (χ1v) is 1.15. The molecule has 0 saturated carbocycles. The summed E-state index contributed by atoms with van der Waals surface area (Å²) in [5, 5.41) is 0. The molecule has 53 valence electrons. The van der Waals surface area contributed by atoms with Gasteiger partial charge in [-0.3, -0.25) is 0 Å². The van der Waals surface area contributed by atoms with Gasteiger partial charge in [-0.2, -0.15) is 0 Å². The van der Waals surface area contributed by atoms with E-state index in [1.165, 1.54) is 0 Å². The van der Waals surface area contributed by atoms with Crippen LogP contribution < -0.4 is 0 Å². The zero-order valence-corrected chi connectivity index (χ0v) is 6.31. The second-order valence-electron chi connectivity index (χ2n) is 0. The molecular formula is C4H8O4V. The van der Waals surface area contributed by atoms with Crippen LogP contribution in [-0.4, -0.2) is 27.2 Å². The van der Waals surface area contributed by atoms with Gasteiger partial charge in [-0.25, -0.2) is 0 Å². The Morgan fingerprint density at radius 1 is 0.444 bits per heavy atom. The number of hydrogen-bond acceptors (Lipinski definition) is 4. The molecule has 0 aromatic heterocycles. The monoisotopic (exact) mass is 171 g/mol. The van der Waals surface area contributed by atoms with Gasteiger partial charge in [-0.15, -0.1) is 0 Å². The van der Waals surface area contributed by atoms with Crippen molar-refractivity contribution in [1.29, 1.82) is 0 Å². The van der Waals surface area contributed by atoms with E-state index in [0.29, 0.717) is 0 Å². The molecule has 0 bridgehead atoms. The second kappa shape index (κ2) is 527. The van der Waals surface area contributed by atoms with E-state index in [0.717, 1.165) is 0 Å². The van der Waals surface area contributed by atoms with Gasteiger partial charge >= 0.3 is 0 Å². The summed E-state index contributed by atoms with van der Waals surface area (Å²) < 4.78 is 0. The van der Waals surface area contributed by atoms with Gasteiger partial charge in [0.2, 0.25) is 0 Å². The molecule has 0 spiro atoms. The van der Waals surface area contributed by atoms with Crippen LogP contribution in [0.25, 0.3) is 0 Å². The van der Waals surface area contributed by atoms with Crippen molar-refractivity contribution < 1.29 is 37.7 Å². The maximum Gasteiger partial charge on any atom is 0.106 e. The Kier molecular flexibility index (Phi) is 2400. The van der Waals surface area contributed by atoms with Gasteiger partial charge < -0.3 is 19.2 Å². The van der Waals surface area contributed by atoms with E-state index in [-0.39, 0.29) is 18.6 Å². The fourth-order valence-electron chi connectivity index (χ4n) is 0. The molecule has 0 saturated heterocycles. The van der Waals surface area contributed by atoms with Crippen molar-refractivity contribution in [2.45, 2.75) is 0 Å². The molecule has 4 nitrogen and oxygen atoms in total. The van der Waals surface area contributed by atoms with Crippen LogP contribution in [0.5, 0.6) is 0 Å². The third kappa shape index (κ3) is 372. The molecule has 0 aliphatic carbocycles. The van der Waals surface area contributed by atoms with Crippen LogP contribution in [0.2, 0.25) is 0 Å². The quantitative estimate of drug-likeness (QED) is 0.481. The van der Waals surface area contributed by atoms with E-state index in [1.54, 1.807) is 0 Å². The molecule has 0 amide bonds. The topological polar surface area (TPSA) is 68.3 Å². The molecule has 0 aromatic carbocycles. The molecule has 0 atom stereocenters. The maximum atomic E-state index is 8.00. The van der Waals surface area contributed by atoms with Gasteiger partial charge in [0.15, 0.2) is 0 Å². The van der Waals surface area contributed by atoms with Gasteiger partial charge in [0.25, 0.3) is 0 Å². The molecule has 0 aromatic rings. The second-order valence-corrected chi connectivity index (χ2v) is 0. The van der Waals surface area contributed by atoms with Crippen LogP contribution in [0, 0.1) is 0 Å². The molecule has 1 radical (unpaired) electrons. The zero-order valence-electron chi connectivity index (χ0n) is 4.91. The van der Waals surface area contributed by atoms with Gasteiger partial charge in [0.05, 0.1) is 0 Å². The van der Waals surface area contributed by atoms with Crippen LogP contribution >= 0.6 is 0 Å². The van der Waals surface area contributed by atoms with Crippen LogP contribution in [0.3, 0.4) is 0 Å². The Labute approximate surface area is 65.5 Å². The van der Waals surface area contributed by atoms with E-state index >= 15 is 0 Å². The van der Waals surface area contributed by atoms with E-state index in [1.807, 2.05) is 27.2 Å². The molecule has 0 heterocycles. The normalized spacial score (nSPS) is 1.78. The van der Waals surface area contributed by atoms with E-state index in [2.05, 4.69) is 0 Å². The first-order chi connectivity index (χ1) is 4.00. The van der Waals surface area contributed by atoms with E-state index < -0.39 is 0 Å². The van der Waals surface area contributed by atoms with Crippen molar-refractivity contribution >= 4 is 27.2 Å². The SMILES string of the molecule is C=O.C=O.C=O.C=O.[V]. The molecule has 0 unspecified atom stereocenters. The minimum atomic E-state index is 0. The fraction of sp³-hybridized carbons (Fsp3) is 0. The van der Waals surface area contributed by atoms with Crippen molar-refractivity contribution in [3.63, 3.8) is 0 Å². The Morgan fingerprint density at radius 2 is 0.444 bits per heavy atom. The van der Waals surface area contributed by atoms with Gasteiger partial charge in [-0.05, 0) is 0 Å². The molecule has 0 fully saturated rings.